The Morgan fingerprint density at radius 3 is 2.25 bits per heavy atom. The molecule has 0 bridgehead atoms. The highest BCUT2D eigenvalue weighted by molar-refractivity contribution is 7.45. The summed E-state index contributed by atoms with van der Waals surface area (Å²) < 4.78 is 8.88. The van der Waals surface area contributed by atoms with Gasteiger partial charge in [0.2, 0.25) is 0 Å². The topological polar surface area (TPSA) is 96.6 Å². The molecule has 0 unspecified atom stereocenters. The minimum absolute atomic E-state index is 1.04. The lowest BCUT2D eigenvalue weighted by atomic mass is 10.4. The first-order chi connectivity index (χ1) is 9.24. The van der Waals surface area contributed by atoms with Gasteiger partial charge in [0.15, 0.2) is 0 Å². The van der Waals surface area contributed by atoms with Crippen LogP contribution in [0.4, 0.5) is 0 Å². The van der Waals surface area contributed by atoms with E-state index in [0.29, 0.717) is 0 Å². The molecule has 0 aliphatic carbocycles. The summed E-state index contributed by atoms with van der Waals surface area (Å²) >= 11 is 1.79. The normalized spacial score (nSPS) is 17.1. The van der Waals surface area contributed by atoms with Crippen LogP contribution >= 0.6 is 19.2 Å². The third kappa shape index (κ3) is 8.42. The second kappa shape index (κ2) is 7.87. The smallest absolute Gasteiger partial charge is 0.303 e. The van der Waals surface area contributed by atoms with Crippen LogP contribution in [-0.4, -0.2) is 64.0 Å². The molecule has 1 aliphatic heterocycles. The van der Waals surface area contributed by atoms with Crippen LogP contribution in [0.25, 0.3) is 0 Å². The maximum atomic E-state index is 8.88. The standard InChI is InChI=1S/C11H17N3S.H3O4P/c1-10-3-4-11(15-10)9-12-14-7-5-13(2)6-8-14;1-5(2,3)4/h3-4,9H,5-8H2,1-2H3;(H3,1,2,3,4)/b12-9+;. The van der Waals surface area contributed by atoms with Crippen molar-refractivity contribution in [2.45, 2.75) is 6.92 Å². The Bertz CT molecular complexity index is 472. The monoisotopic (exact) mass is 321 g/mol. The molecule has 0 spiro atoms. The van der Waals surface area contributed by atoms with E-state index >= 15 is 0 Å². The van der Waals surface area contributed by atoms with Crippen molar-refractivity contribution < 1.29 is 19.2 Å². The molecular formula is C11H20N3O4PS. The summed E-state index contributed by atoms with van der Waals surface area (Å²) in [6.45, 7) is 6.42. The zero-order valence-electron chi connectivity index (χ0n) is 11.5. The molecule has 114 valence electrons. The molecule has 0 radical (unpaired) electrons. The van der Waals surface area contributed by atoms with Crippen molar-refractivity contribution in [2.75, 3.05) is 33.2 Å². The maximum absolute atomic E-state index is 8.88. The average Bonchev–Trinajstić information content (AvgIpc) is 2.72. The highest BCUT2D eigenvalue weighted by atomic mass is 32.1. The lowest BCUT2D eigenvalue weighted by molar-refractivity contribution is 0.159. The van der Waals surface area contributed by atoms with E-state index in [2.05, 4.69) is 41.1 Å². The van der Waals surface area contributed by atoms with E-state index < -0.39 is 7.82 Å². The Labute approximate surface area is 122 Å². The number of hydrazone groups is 1. The van der Waals surface area contributed by atoms with Gasteiger partial charge >= 0.3 is 7.82 Å². The molecule has 0 saturated carbocycles. The van der Waals surface area contributed by atoms with Crippen molar-refractivity contribution in [1.29, 1.82) is 0 Å². The summed E-state index contributed by atoms with van der Waals surface area (Å²) in [5.41, 5.74) is 0. The van der Waals surface area contributed by atoms with Gasteiger partial charge in [-0.25, -0.2) is 4.57 Å². The lowest BCUT2D eigenvalue weighted by Gasteiger charge is -2.30. The quantitative estimate of drug-likeness (QED) is 0.548. The number of piperazine rings is 1. The molecular weight excluding hydrogens is 301 g/mol. The molecule has 0 amide bonds. The van der Waals surface area contributed by atoms with E-state index in [1.165, 1.54) is 9.75 Å². The van der Waals surface area contributed by atoms with Crippen LogP contribution < -0.4 is 0 Å². The Hall–Kier alpha value is -0.760. The molecule has 1 fully saturated rings. The van der Waals surface area contributed by atoms with E-state index in [4.69, 9.17) is 19.2 Å². The minimum atomic E-state index is -4.64. The van der Waals surface area contributed by atoms with Crippen LogP contribution in [0, 0.1) is 6.92 Å². The molecule has 1 aromatic rings. The first-order valence-electron chi connectivity index (χ1n) is 6.06. The van der Waals surface area contributed by atoms with Crippen molar-refractivity contribution in [3.8, 4) is 0 Å². The van der Waals surface area contributed by atoms with Gasteiger partial charge in [-0.05, 0) is 26.1 Å². The van der Waals surface area contributed by atoms with Crippen molar-refractivity contribution in [1.82, 2.24) is 9.91 Å². The Morgan fingerprint density at radius 1 is 1.25 bits per heavy atom. The van der Waals surface area contributed by atoms with E-state index in [1.54, 1.807) is 11.3 Å². The zero-order chi connectivity index (χ0) is 15.2. The molecule has 1 saturated heterocycles. The second-order valence-corrected chi connectivity index (χ2v) is 6.81. The Morgan fingerprint density at radius 2 is 1.80 bits per heavy atom. The third-order valence-corrected chi connectivity index (χ3v) is 3.52. The number of rotatable bonds is 2. The molecule has 1 aliphatic rings. The number of likely N-dealkylation sites (N-methyl/N-ethyl adjacent to an activating group) is 1. The Kier molecular flexibility index (Phi) is 6.81. The number of phosphoric acid groups is 1. The third-order valence-electron chi connectivity index (χ3n) is 2.59. The fourth-order valence-electron chi connectivity index (χ4n) is 1.57. The number of hydrogen-bond donors (Lipinski definition) is 3. The second-order valence-electron chi connectivity index (χ2n) is 4.46. The van der Waals surface area contributed by atoms with E-state index in [1.807, 2.05) is 6.21 Å². The Balaban J connectivity index is 0.000000347. The van der Waals surface area contributed by atoms with Gasteiger partial charge in [0.05, 0.1) is 6.21 Å². The van der Waals surface area contributed by atoms with Crippen molar-refractivity contribution in [2.24, 2.45) is 5.10 Å². The van der Waals surface area contributed by atoms with Gasteiger partial charge in [-0.15, -0.1) is 11.3 Å². The summed E-state index contributed by atoms with van der Waals surface area (Å²) in [5, 5.41) is 6.64. The summed E-state index contributed by atoms with van der Waals surface area (Å²) in [6, 6.07) is 4.26. The molecule has 0 atom stereocenters. The molecule has 0 aromatic carbocycles. The van der Waals surface area contributed by atoms with E-state index in [9.17, 15) is 0 Å². The summed E-state index contributed by atoms with van der Waals surface area (Å²) in [6.07, 6.45) is 1.98. The van der Waals surface area contributed by atoms with E-state index in [-0.39, 0.29) is 0 Å². The molecule has 1 aromatic heterocycles. The van der Waals surface area contributed by atoms with Gasteiger partial charge in [0.25, 0.3) is 0 Å². The van der Waals surface area contributed by atoms with Crippen LogP contribution in [0.1, 0.15) is 9.75 Å². The molecule has 20 heavy (non-hydrogen) atoms. The largest absolute Gasteiger partial charge is 0.466 e. The zero-order valence-corrected chi connectivity index (χ0v) is 13.2. The van der Waals surface area contributed by atoms with Crippen LogP contribution in [0.5, 0.6) is 0 Å². The van der Waals surface area contributed by atoms with Crippen molar-refractivity contribution >= 4 is 25.4 Å². The summed E-state index contributed by atoms with van der Waals surface area (Å²) in [5.74, 6) is 0. The molecule has 2 rings (SSSR count). The molecule has 3 N–H and O–H groups in total. The molecule has 7 nitrogen and oxygen atoms in total. The fraction of sp³-hybridized carbons (Fsp3) is 0.545. The summed E-state index contributed by atoms with van der Waals surface area (Å²) in [7, 11) is -2.48. The number of nitrogens with zero attached hydrogens (tertiary/aromatic N) is 3. The fourth-order valence-corrected chi connectivity index (χ4v) is 2.32. The number of hydrogen-bond acceptors (Lipinski definition) is 5. The van der Waals surface area contributed by atoms with Crippen LogP contribution in [-0.2, 0) is 4.57 Å². The van der Waals surface area contributed by atoms with Crippen LogP contribution in [0.3, 0.4) is 0 Å². The van der Waals surface area contributed by atoms with Crippen molar-refractivity contribution in [3.05, 3.63) is 21.9 Å². The van der Waals surface area contributed by atoms with Gasteiger partial charge in [0.1, 0.15) is 0 Å². The highest BCUT2D eigenvalue weighted by Crippen LogP contribution is 2.25. The first-order valence-corrected chi connectivity index (χ1v) is 8.44. The van der Waals surface area contributed by atoms with Gasteiger partial charge in [0, 0.05) is 35.9 Å². The molecule has 9 heteroatoms. The van der Waals surface area contributed by atoms with Crippen LogP contribution in [0.2, 0.25) is 0 Å². The van der Waals surface area contributed by atoms with E-state index in [0.717, 1.165) is 26.2 Å². The SMILES string of the molecule is Cc1ccc(/C=N/N2CCN(C)CC2)s1.O=P(O)(O)O. The minimum Gasteiger partial charge on any atom is -0.303 e. The average molecular weight is 321 g/mol. The summed E-state index contributed by atoms with van der Waals surface area (Å²) in [4.78, 5) is 26.5. The van der Waals surface area contributed by atoms with Gasteiger partial charge < -0.3 is 19.6 Å². The first kappa shape index (κ1) is 17.3. The van der Waals surface area contributed by atoms with Gasteiger partial charge in [-0.1, -0.05) is 0 Å². The molecule has 2 heterocycles. The van der Waals surface area contributed by atoms with Gasteiger partial charge in [-0.2, -0.15) is 5.10 Å². The predicted molar refractivity (Wildman–Crippen MR) is 80.0 cm³/mol. The maximum Gasteiger partial charge on any atom is 0.466 e. The predicted octanol–water partition coefficient (Wildman–Crippen LogP) is 0.709. The van der Waals surface area contributed by atoms with Gasteiger partial charge in [-0.3, -0.25) is 5.01 Å². The number of aryl methyl sites for hydroxylation is 1. The lowest BCUT2D eigenvalue weighted by Crippen LogP contribution is -2.41. The highest BCUT2D eigenvalue weighted by Gasteiger charge is 2.10. The van der Waals surface area contributed by atoms with Crippen molar-refractivity contribution in [3.63, 3.8) is 0 Å². The number of thiophene rings is 1. The van der Waals surface area contributed by atoms with Crippen LogP contribution in [0.15, 0.2) is 17.2 Å².